The number of hydrogen-bond donors (Lipinski definition) is 0. The van der Waals surface area contributed by atoms with Gasteiger partial charge in [0.25, 0.3) is 0 Å². The molecule has 1 heterocycles. The second kappa shape index (κ2) is 12.8. The second-order valence-electron chi connectivity index (χ2n) is 9.23. The zero-order valence-corrected chi connectivity index (χ0v) is 19.2. The molecule has 0 aliphatic heterocycles. The van der Waals surface area contributed by atoms with Gasteiger partial charge >= 0.3 is 0 Å². The van der Waals surface area contributed by atoms with Crippen LogP contribution in [0.15, 0.2) is 42.6 Å². The van der Waals surface area contributed by atoms with E-state index in [1.54, 1.807) is 0 Å². The van der Waals surface area contributed by atoms with Crippen LogP contribution in [-0.4, -0.2) is 11.6 Å². The highest BCUT2D eigenvalue weighted by atomic mass is 16.5. The molecular weight excluding hydrogens is 366 g/mol. The number of hydrogen-bond acceptors (Lipinski definition) is 2. The fraction of sp³-hybridized carbons (Fsp3) is 0.607. The van der Waals surface area contributed by atoms with Gasteiger partial charge in [0.05, 0.1) is 12.3 Å². The van der Waals surface area contributed by atoms with E-state index in [1.807, 2.05) is 6.20 Å². The maximum absolute atomic E-state index is 6.13. The van der Waals surface area contributed by atoms with Crippen LogP contribution in [0.4, 0.5) is 0 Å². The van der Waals surface area contributed by atoms with Crippen molar-refractivity contribution in [3.63, 3.8) is 0 Å². The van der Waals surface area contributed by atoms with Crippen LogP contribution in [0.25, 0.3) is 11.3 Å². The lowest BCUT2D eigenvalue weighted by Gasteiger charge is -2.28. The summed E-state index contributed by atoms with van der Waals surface area (Å²) < 4.78 is 6.13. The van der Waals surface area contributed by atoms with Gasteiger partial charge in [-0.15, -0.1) is 0 Å². The lowest BCUT2D eigenvalue weighted by Crippen LogP contribution is -2.20. The molecule has 0 radical (unpaired) electrons. The number of rotatable bonds is 12. The molecule has 1 aliphatic rings. The highest BCUT2D eigenvalue weighted by Crippen LogP contribution is 2.32. The SMILES string of the molecule is CCCCCCC[C@H]1CC[C@H](COc2ccc(-c3ccc(CCC)cn3)cc2)CC1. The van der Waals surface area contributed by atoms with Crippen LogP contribution in [0.5, 0.6) is 5.75 Å². The number of ether oxygens (including phenoxy) is 1. The first kappa shape index (κ1) is 22.8. The minimum Gasteiger partial charge on any atom is -0.493 e. The van der Waals surface area contributed by atoms with E-state index in [0.29, 0.717) is 0 Å². The van der Waals surface area contributed by atoms with Crippen LogP contribution in [0, 0.1) is 11.8 Å². The summed E-state index contributed by atoms with van der Waals surface area (Å²) in [6, 6.07) is 12.8. The van der Waals surface area contributed by atoms with Gasteiger partial charge in [0, 0.05) is 11.8 Å². The molecule has 3 rings (SSSR count). The molecule has 1 aliphatic carbocycles. The summed E-state index contributed by atoms with van der Waals surface area (Å²) in [5, 5.41) is 0. The second-order valence-corrected chi connectivity index (χ2v) is 9.23. The first-order valence-electron chi connectivity index (χ1n) is 12.5. The Morgan fingerprint density at radius 1 is 0.800 bits per heavy atom. The van der Waals surface area contributed by atoms with Gasteiger partial charge in [0.1, 0.15) is 5.75 Å². The molecule has 1 aromatic heterocycles. The lowest BCUT2D eigenvalue weighted by molar-refractivity contribution is 0.177. The molecule has 0 atom stereocenters. The minimum atomic E-state index is 0.730. The molecular formula is C28H41NO. The van der Waals surface area contributed by atoms with E-state index in [9.17, 15) is 0 Å². The summed E-state index contributed by atoms with van der Waals surface area (Å²) in [6.07, 6.45) is 18.3. The number of nitrogens with zero attached hydrogens (tertiary/aromatic N) is 1. The van der Waals surface area contributed by atoms with Gasteiger partial charge in [-0.05, 0) is 67.0 Å². The summed E-state index contributed by atoms with van der Waals surface area (Å²) in [4.78, 5) is 4.62. The summed E-state index contributed by atoms with van der Waals surface area (Å²) >= 11 is 0. The molecule has 2 nitrogen and oxygen atoms in total. The van der Waals surface area contributed by atoms with E-state index in [-0.39, 0.29) is 0 Å². The third kappa shape index (κ3) is 7.45. The standard InChI is InChI=1S/C28H41NO/c1-3-5-6-7-8-10-23-11-13-25(14-12-23)22-30-27-18-16-26(17-19-27)28-20-15-24(9-4-2)21-29-28/h15-21,23,25H,3-14,22H2,1-2H3/t23-,25-. The molecule has 2 aromatic rings. The van der Waals surface area contributed by atoms with E-state index >= 15 is 0 Å². The van der Waals surface area contributed by atoms with Crippen LogP contribution in [0.1, 0.15) is 90.0 Å². The Bertz CT molecular complexity index is 698. The van der Waals surface area contributed by atoms with Crippen molar-refractivity contribution >= 4 is 0 Å². The van der Waals surface area contributed by atoms with Crippen molar-refractivity contribution in [2.24, 2.45) is 11.8 Å². The molecule has 0 bridgehead atoms. The van der Waals surface area contributed by atoms with Crippen molar-refractivity contribution < 1.29 is 4.74 Å². The first-order chi connectivity index (χ1) is 14.8. The molecule has 1 fully saturated rings. The first-order valence-corrected chi connectivity index (χ1v) is 12.5. The topological polar surface area (TPSA) is 22.1 Å². The Morgan fingerprint density at radius 2 is 1.53 bits per heavy atom. The molecule has 0 amide bonds. The largest absolute Gasteiger partial charge is 0.493 e. The average molecular weight is 408 g/mol. The Morgan fingerprint density at radius 3 is 2.20 bits per heavy atom. The maximum Gasteiger partial charge on any atom is 0.119 e. The molecule has 0 unspecified atom stereocenters. The Hall–Kier alpha value is -1.83. The normalized spacial score (nSPS) is 19.0. The van der Waals surface area contributed by atoms with Crippen molar-refractivity contribution in [3.8, 4) is 17.0 Å². The predicted octanol–water partition coefficient (Wildman–Crippen LogP) is 8.25. The summed E-state index contributed by atoms with van der Waals surface area (Å²) in [5.74, 6) is 2.69. The Kier molecular flexibility index (Phi) is 9.73. The molecule has 30 heavy (non-hydrogen) atoms. The summed E-state index contributed by atoms with van der Waals surface area (Å²) in [6.45, 7) is 5.36. The number of aromatic nitrogens is 1. The number of pyridine rings is 1. The maximum atomic E-state index is 6.13. The van der Waals surface area contributed by atoms with Gasteiger partial charge in [-0.1, -0.05) is 77.7 Å². The van der Waals surface area contributed by atoms with E-state index in [2.05, 4.69) is 55.2 Å². The van der Waals surface area contributed by atoms with Crippen LogP contribution in [0.3, 0.4) is 0 Å². The molecule has 1 aromatic carbocycles. The molecule has 0 N–H and O–H groups in total. The minimum absolute atomic E-state index is 0.730. The van der Waals surface area contributed by atoms with Crippen LogP contribution >= 0.6 is 0 Å². The van der Waals surface area contributed by atoms with Crippen LogP contribution < -0.4 is 4.74 Å². The fourth-order valence-corrected chi connectivity index (χ4v) is 4.69. The zero-order valence-electron chi connectivity index (χ0n) is 19.2. The van der Waals surface area contributed by atoms with E-state index in [4.69, 9.17) is 4.74 Å². The van der Waals surface area contributed by atoms with E-state index in [0.717, 1.165) is 48.3 Å². The van der Waals surface area contributed by atoms with Crippen molar-refractivity contribution in [2.45, 2.75) is 90.9 Å². The Labute approximate surface area is 184 Å². The van der Waals surface area contributed by atoms with Crippen molar-refractivity contribution in [3.05, 3.63) is 48.2 Å². The van der Waals surface area contributed by atoms with Crippen LogP contribution in [0.2, 0.25) is 0 Å². The third-order valence-corrected chi connectivity index (χ3v) is 6.68. The zero-order chi connectivity index (χ0) is 21.0. The van der Waals surface area contributed by atoms with Crippen molar-refractivity contribution in [2.75, 3.05) is 6.61 Å². The van der Waals surface area contributed by atoms with Gasteiger partial charge in [-0.2, -0.15) is 0 Å². The molecule has 2 heteroatoms. The van der Waals surface area contributed by atoms with Gasteiger partial charge in [0.15, 0.2) is 0 Å². The predicted molar refractivity (Wildman–Crippen MR) is 128 cm³/mol. The molecule has 1 saturated carbocycles. The van der Waals surface area contributed by atoms with Gasteiger partial charge in [0.2, 0.25) is 0 Å². The molecule has 0 spiro atoms. The van der Waals surface area contributed by atoms with Gasteiger partial charge in [-0.3, -0.25) is 4.98 Å². The van der Waals surface area contributed by atoms with E-state index in [1.165, 1.54) is 69.8 Å². The highest BCUT2D eigenvalue weighted by Gasteiger charge is 2.21. The summed E-state index contributed by atoms with van der Waals surface area (Å²) in [5.41, 5.74) is 3.51. The fourth-order valence-electron chi connectivity index (χ4n) is 4.69. The molecule has 0 saturated heterocycles. The number of benzene rings is 1. The van der Waals surface area contributed by atoms with Crippen molar-refractivity contribution in [1.82, 2.24) is 4.98 Å². The van der Waals surface area contributed by atoms with Gasteiger partial charge in [-0.25, -0.2) is 0 Å². The van der Waals surface area contributed by atoms with Crippen LogP contribution in [-0.2, 0) is 6.42 Å². The lowest BCUT2D eigenvalue weighted by atomic mass is 9.80. The highest BCUT2D eigenvalue weighted by molar-refractivity contribution is 5.60. The summed E-state index contributed by atoms with van der Waals surface area (Å²) in [7, 11) is 0. The number of unbranched alkanes of at least 4 members (excludes halogenated alkanes) is 4. The quantitative estimate of drug-likeness (QED) is 0.330. The monoisotopic (exact) mass is 407 g/mol. The average Bonchev–Trinajstić information content (AvgIpc) is 2.79. The van der Waals surface area contributed by atoms with Crippen molar-refractivity contribution in [1.29, 1.82) is 0 Å². The van der Waals surface area contributed by atoms with Gasteiger partial charge < -0.3 is 4.74 Å². The smallest absolute Gasteiger partial charge is 0.119 e. The number of aryl methyl sites for hydroxylation is 1. The Balaban J connectivity index is 1.36. The third-order valence-electron chi connectivity index (χ3n) is 6.68. The van der Waals surface area contributed by atoms with E-state index < -0.39 is 0 Å². The molecule has 164 valence electrons.